The van der Waals surface area contributed by atoms with Crippen LogP contribution in [0.2, 0.25) is 0 Å². The number of amides is 1. The highest BCUT2D eigenvalue weighted by molar-refractivity contribution is 5.69. The second-order valence-corrected chi connectivity index (χ2v) is 7.52. The molecule has 0 radical (unpaired) electrons. The molecule has 3 nitrogen and oxygen atoms in total. The third-order valence-corrected chi connectivity index (χ3v) is 5.54. The zero-order valence-corrected chi connectivity index (χ0v) is 15.7. The Morgan fingerprint density at radius 3 is 2.81 bits per heavy atom. The first kappa shape index (κ1) is 18.8. The van der Waals surface area contributed by atoms with Crippen LogP contribution in [-0.2, 0) is 11.3 Å². The molecule has 0 aromatic heterocycles. The molecule has 0 aliphatic carbocycles. The molecule has 3 heteroatoms. The number of benzene rings is 1. The van der Waals surface area contributed by atoms with Crippen molar-refractivity contribution in [2.24, 2.45) is 0 Å². The van der Waals surface area contributed by atoms with Gasteiger partial charge in [0, 0.05) is 6.04 Å². The van der Waals surface area contributed by atoms with E-state index in [0.717, 1.165) is 31.2 Å². The number of nitrogens with zero attached hydrogens (tertiary/aromatic N) is 1. The minimum Gasteiger partial charge on any atom is -0.445 e. The van der Waals surface area contributed by atoms with Gasteiger partial charge in [-0.25, -0.2) is 4.79 Å². The van der Waals surface area contributed by atoms with Gasteiger partial charge in [-0.1, -0.05) is 54.5 Å². The van der Waals surface area contributed by atoms with Crippen molar-refractivity contribution in [3.63, 3.8) is 0 Å². The lowest BCUT2D eigenvalue weighted by Gasteiger charge is -2.44. The Bertz CT molecular complexity index is 622. The lowest BCUT2D eigenvalue weighted by atomic mass is 9.84. The fraction of sp³-hybridized carbons (Fsp3) is 0.522. The molecule has 0 N–H and O–H groups in total. The lowest BCUT2D eigenvalue weighted by molar-refractivity contribution is 0.0479. The first-order valence-corrected chi connectivity index (χ1v) is 10.1. The number of allylic oxidation sites excluding steroid dienone is 1. The molecule has 1 amide bonds. The van der Waals surface area contributed by atoms with E-state index in [1.165, 1.54) is 32.1 Å². The maximum absolute atomic E-state index is 12.7. The number of piperidine rings is 1. The zero-order valence-electron chi connectivity index (χ0n) is 15.7. The highest BCUT2D eigenvalue weighted by atomic mass is 16.6. The van der Waals surface area contributed by atoms with E-state index in [1.54, 1.807) is 5.57 Å². The van der Waals surface area contributed by atoms with E-state index in [9.17, 15) is 4.79 Å². The van der Waals surface area contributed by atoms with Gasteiger partial charge in [-0.3, -0.25) is 4.90 Å². The summed E-state index contributed by atoms with van der Waals surface area (Å²) in [6.07, 6.45) is 14.7. The molecule has 2 aliphatic rings. The number of rotatable bonds is 8. The molecule has 0 spiro atoms. The molecule has 1 fully saturated rings. The van der Waals surface area contributed by atoms with Crippen molar-refractivity contribution in [2.75, 3.05) is 0 Å². The van der Waals surface area contributed by atoms with E-state index in [0.29, 0.717) is 12.6 Å². The molecule has 0 saturated carbocycles. The largest absolute Gasteiger partial charge is 0.445 e. The van der Waals surface area contributed by atoms with Gasteiger partial charge in [0.1, 0.15) is 6.61 Å². The molecular formula is C23H31NO2. The number of carbonyl (C=O) groups excluding carboxylic acids is 1. The SMILES string of the molecule is C=CCCCCCC1=CC2CCCC(C1)N2C(=O)OCc1ccccc1. The van der Waals surface area contributed by atoms with Gasteiger partial charge in [-0.2, -0.15) is 0 Å². The van der Waals surface area contributed by atoms with Gasteiger partial charge < -0.3 is 4.74 Å². The molecule has 1 saturated heterocycles. The normalized spacial score (nSPS) is 21.8. The van der Waals surface area contributed by atoms with E-state index < -0.39 is 0 Å². The van der Waals surface area contributed by atoms with Gasteiger partial charge in [0.25, 0.3) is 0 Å². The molecule has 1 aromatic rings. The number of unbranched alkanes of at least 4 members (excludes halogenated alkanes) is 3. The van der Waals surface area contributed by atoms with Crippen molar-refractivity contribution in [1.82, 2.24) is 4.90 Å². The quantitative estimate of drug-likeness (QED) is 0.423. The van der Waals surface area contributed by atoms with E-state index in [4.69, 9.17) is 4.74 Å². The fourth-order valence-electron chi connectivity index (χ4n) is 4.20. The molecule has 26 heavy (non-hydrogen) atoms. The fourth-order valence-corrected chi connectivity index (χ4v) is 4.20. The number of hydrogen-bond acceptors (Lipinski definition) is 2. The summed E-state index contributed by atoms with van der Waals surface area (Å²) in [5.41, 5.74) is 2.59. The number of hydrogen-bond donors (Lipinski definition) is 0. The highest BCUT2D eigenvalue weighted by Gasteiger charge is 2.37. The van der Waals surface area contributed by atoms with Crippen LogP contribution in [0.25, 0.3) is 0 Å². The van der Waals surface area contributed by atoms with Crippen LogP contribution in [0.15, 0.2) is 54.6 Å². The molecule has 140 valence electrons. The van der Waals surface area contributed by atoms with Gasteiger partial charge in [0.2, 0.25) is 0 Å². The van der Waals surface area contributed by atoms with Gasteiger partial charge in [0.15, 0.2) is 0 Å². The summed E-state index contributed by atoms with van der Waals surface area (Å²) in [4.78, 5) is 14.7. The highest BCUT2D eigenvalue weighted by Crippen LogP contribution is 2.35. The Labute approximate surface area is 157 Å². The second kappa shape index (κ2) is 9.61. The first-order valence-electron chi connectivity index (χ1n) is 10.1. The van der Waals surface area contributed by atoms with Crippen LogP contribution >= 0.6 is 0 Å². The molecule has 2 atom stereocenters. The molecule has 2 bridgehead atoms. The average molecular weight is 354 g/mol. The van der Waals surface area contributed by atoms with Crippen molar-refractivity contribution in [3.05, 3.63) is 60.2 Å². The maximum Gasteiger partial charge on any atom is 0.410 e. The van der Waals surface area contributed by atoms with Crippen LogP contribution in [-0.4, -0.2) is 23.1 Å². The molecule has 2 unspecified atom stereocenters. The summed E-state index contributed by atoms with van der Waals surface area (Å²) >= 11 is 0. The van der Waals surface area contributed by atoms with Crippen LogP contribution in [0.5, 0.6) is 0 Å². The summed E-state index contributed by atoms with van der Waals surface area (Å²) in [5, 5.41) is 0. The number of fused-ring (bicyclic) bond motifs is 2. The predicted molar refractivity (Wildman–Crippen MR) is 106 cm³/mol. The maximum atomic E-state index is 12.7. The third-order valence-electron chi connectivity index (χ3n) is 5.54. The molecular weight excluding hydrogens is 322 g/mol. The van der Waals surface area contributed by atoms with E-state index in [-0.39, 0.29) is 12.1 Å². The average Bonchev–Trinajstić information content (AvgIpc) is 2.66. The third kappa shape index (κ3) is 5.00. The van der Waals surface area contributed by atoms with Crippen molar-refractivity contribution in [3.8, 4) is 0 Å². The van der Waals surface area contributed by atoms with E-state index >= 15 is 0 Å². The summed E-state index contributed by atoms with van der Waals surface area (Å²) in [5.74, 6) is 0. The summed E-state index contributed by atoms with van der Waals surface area (Å²) in [6, 6.07) is 10.5. The zero-order chi connectivity index (χ0) is 18.2. The summed E-state index contributed by atoms with van der Waals surface area (Å²) < 4.78 is 5.61. The van der Waals surface area contributed by atoms with E-state index in [1.807, 2.05) is 41.3 Å². The summed E-state index contributed by atoms with van der Waals surface area (Å²) in [7, 11) is 0. The Morgan fingerprint density at radius 2 is 2.04 bits per heavy atom. The smallest absolute Gasteiger partial charge is 0.410 e. The predicted octanol–water partition coefficient (Wildman–Crippen LogP) is 6.01. The Morgan fingerprint density at radius 1 is 1.19 bits per heavy atom. The molecule has 2 aliphatic heterocycles. The van der Waals surface area contributed by atoms with Crippen molar-refractivity contribution >= 4 is 6.09 Å². The van der Waals surface area contributed by atoms with Crippen LogP contribution < -0.4 is 0 Å². The van der Waals surface area contributed by atoms with Crippen LogP contribution in [0.3, 0.4) is 0 Å². The van der Waals surface area contributed by atoms with Crippen LogP contribution in [0.4, 0.5) is 4.79 Å². The molecule has 1 aromatic carbocycles. The van der Waals surface area contributed by atoms with E-state index in [2.05, 4.69) is 12.7 Å². The second-order valence-electron chi connectivity index (χ2n) is 7.52. The summed E-state index contributed by atoms with van der Waals surface area (Å²) in [6.45, 7) is 4.14. The van der Waals surface area contributed by atoms with Crippen molar-refractivity contribution in [2.45, 2.75) is 76.5 Å². The first-order chi connectivity index (χ1) is 12.8. The standard InChI is InChI=1S/C23H31NO2/c1-2-3-4-5-7-13-20-16-21-14-10-15-22(17-20)24(21)23(25)26-18-19-11-8-6-9-12-19/h2,6,8-9,11-12,16,21-22H,1,3-5,7,10,13-15,17-18H2. The van der Waals surface area contributed by atoms with Gasteiger partial charge in [-0.15, -0.1) is 6.58 Å². The monoisotopic (exact) mass is 353 g/mol. The van der Waals surface area contributed by atoms with Crippen molar-refractivity contribution in [1.29, 1.82) is 0 Å². The Balaban J connectivity index is 1.53. The minimum atomic E-state index is -0.148. The number of carbonyl (C=O) groups is 1. The molecule has 2 heterocycles. The topological polar surface area (TPSA) is 29.5 Å². The van der Waals surface area contributed by atoms with Crippen LogP contribution in [0.1, 0.15) is 63.4 Å². The van der Waals surface area contributed by atoms with Gasteiger partial charge in [0.05, 0.1) is 6.04 Å². The lowest BCUT2D eigenvalue weighted by Crippen LogP contribution is -2.51. The van der Waals surface area contributed by atoms with Crippen LogP contribution in [0, 0.1) is 0 Å². The molecule has 3 rings (SSSR count). The van der Waals surface area contributed by atoms with Gasteiger partial charge >= 0.3 is 6.09 Å². The van der Waals surface area contributed by atoms with Gasteiger partial charge in [-0.05, 0) is 56.9 Å². The minimum absolute atomic E-state index is 0.148. The number of ether oxygens (including phenoxy) is 1. The Kier molecular flexibility index (Phi) is 6.93. The Hall–Kier alpha value is -2.03. The van der Waals surface area contributed by atoms with Crippen molar-refractivity contribution < 1.29 is 9.53 Å².